The van der Waals surface area contributed by atoms with Crippen molar-refractivity contribution in [3.63, 3.8) is 0 Å². The Hall–Kier alpha value is -2.56. The Kier molecular flexibility index (Phi) is 6.10. The second-order valence-corrected chi connectivity index (χ2v) is 7.79. The number of hydrogen-bond acceptors (Lipinski definition) is 5. The minimum Gasteiger partial charge on any atom is -0.370 e. The average molecular weight is 378 g/mol. The number of rotatable bonds is 6. The molecule has 0 atom stereocenters. The topological polar surface area (TPSA) is 44.3 Å². The van der Waals surface area contributed by atoms with Crippen LogP contribution in [0, 0.1) is 6.92 Å². The average Bonchev–Trinajstić information content (AvgIpc) is 2.75. The van der Waals surface area contributed by atoms with E-state index in [1.807, 2.05) is 0 Å². The van der Waals surface area contributed by atoms with Crippen LogP contribution in [-0.4, -0.2) is 42.7 Å². The number of nitrogens with one attached hydrogen (secondary N) is 1. The molecule has 1 aliphatic carbocycles. The van der Waals surface area contributed by atoms with E-state index in [0.717, 1.165) is 56.6 Å². The monoisotopic (exact) mass is 377 g/mol. The molecule has 2 aliphatic rings. The summed E-state index contributed by atoms with van der Waals surface area (Å²) in [6, 6.07) is 12.7. The predicted octanol–water partition coefficient (Wildman–Crippen LogP) is 4.41. The summed E-state index contributed by atoms with van der Waals surface area (Å²) in [5.41, 5.74) is 3.92. The normalized spacial score (nSPS) is 17.4. The first-order valence-corrected chi connectivity index (χ1v) is 10.6. The van der Waals surface area contributed by atoms with Gasteiger partial charge < -0.3 is 15.1 Å². The molecule has 1 aliphatic heterocycles. The molecule has 5 heteroatoms. The van der Waals surface area contributed by atoms with E-state index < -0.39 is 0 Å². The zero-order chi connectivity index (χ0) is 19.2. The molecule has 0 bridgehead atoms. The molecule has 1 aromatic carbocycles. The van der Waals surface area contributed by atoms with Crippen molar-refractivity contribution in [3.8, 4) is 0 Å². The Morgan fingerprint density at radius 2 is 1.75 bits per heavy atom. The smallest absolute Gasteiger partial charge is 0.227 e. The van der Waals surface area contributed by atoms with E-state index in [0.29, 0.717) is 0 Å². The fourth-order valence-corrected chi connectivity index (χ4v) is 4.07. The van der Waals surface area contributed by atoms with Gasteiger partial charge in [-0.2, -0.15) is 4.98 Å². The number of nitrogens with zero attached hydrogens (tertiary/aromatic N) is 4. The van der Waals surface area contributed by atoms with Crippen molar-refractivity contribution in [2.45, 2.75) is 39.0 Å². The number of piperazine rings is 1. The van der Waals surface area contributed by atoms with E-state index in [2.05, 4.69) is 64.5 Å². The quantitative estimate of drug-likeness (QED) is 0.755. The summed E-state index contributed by atoms with van der Waals surface area (Å²) in [7, 11) is 0. The number of aromatic nitrogens is 2. The third-order valence-electron chi connectivity index (χ3n) is 5.66. The van der Waals surface area contributed by atoms with Crippen molar-refractivity contribution >= 4 is 17.5 Å². The van der Waals surface area contributed by atoms with Crippen molar-refractivity contribution in [1.29, 1.82) is 0 Å². The van der Waals surface area contributed by atoms with Gasteiger partial charge in [0.15, 0.2) is 0 Å². The lowest BCUT2D eigenvalue weighted by molar-refractivity contribution is 0.639. The fourth-order valence-electron chi connectivity index (χ4n) is 4.07. The van der Waals surface area contributed by atoms with Gasteiger partial charge in [-0.15, -0.1) is 0 Å². The van der Waals surface area contributed by atoms with Gasteiger partial charge in [-0.05, 0) is 51.2 Å². The maximum Gasteiger partial charge on any atom is 0.227 e. The lowest BCUT2D eigenvalue weighted by atomic mass is 9.97. The minimum absolute atomic E-state index is 0.854. The molecule has 4 rings (SSSR count). The molecule has 5 nitrogen and oxygen atoms in total. The van der Waals surface area contributed by atoms with Crippen LogP contribution in [0.1, 0.15) is 37.8 Å². The van der Waals surface area contributed by atoms with E-state index in [1.54, 1.807) is 5.57 Å². The molecule has 0 unspecified atom stereocenters. The van der Waals surface area contributed by atoms with E-state index in [-0.39, 0.29) is 0 Å². The summed E-state index contributed by atoms with van der Waals surface area (Å²) in [4.78, 5) is 14.2. The second-order valence-electron chi connectivity index (χ2n) is 7.79. The second kappa shape index (κ2) is 9.09. The highest BCUT2D eigenvalue weighted by Crippen LogP contribution is 2.21. The molecule has 28 heavy (non-hydrogen) atoms. The van der Waals surface area contributed by atoms with Crippen molar-refractivity contribution < 1.29 is 0 Å². The van der Waals surface area contributed by atoms with Crippen molar-refractivity contribution in [1.82, 2.24) is 9.97 Å². The number of benzene rings is 1. The van der Waals surface area contributed by atoms with Crippen LogP contribution in [0.25, 0.3) is 0 Å². The largest absolute Gasteiger partial charge is 0.370 e. The molecule has 0 spiro atoms. The maximum absolute atomic E-state index is 4.80. The Balaban J connectivity index is 1.34. The van der Waals surface area contributed by atoms with Crippen molar-refractivity contribution in [2.75, 3.05) is 47.8 Å². The number of hydrogen-bond donors (Lipinski definition) is 1. The lowest BCUT2D eigenvalue weighted by Gasteiger charge is -2.36. The molecule has 148 valence electrons. The van der Waals surface area contributed by atoms with Gasteiger partial charge in [0, 0.05) is 50.2 Å². The van der Waals surface area contributed by atoms with Crippen LogP contribution in [0.2, 0.25) is 0 Å². The summed E-state index contributed by atoms with van der Waals surface area (Å²) in [5, 5.41) is 3.52. The number of para-hydroxylation sites is 1. The summed E-state index contributed by atoms with van der Waals surface area (Å²) < 4.78 is 0. The van der Waals surface area contributed by atoms with Crippen molar-refractivity contribution in [3.05, 3.63) is 53.7 Å². The number of allylic oxidation sites excluding steroid dienone is 1. The molecule has 0 amide bonds. The van der Waals surface area contributed by atoms with Gasteiger partial charge in [-0.25, -0.2) is 4.98 Å². The molecule has 2 aromatic rings. The highest BCUT2D eigenvalue weighted by molar-refractivity contribution is 5.49. The molecule has 1 fully saturated rings. The molecule has 0 saturated carbocycles. The third-order valence-corrected chi connectivity index (χ3v) is 5.66. The molecule has 2 heterocycles. The summed E-state index contributed by atoms with van der Waals surface area (Å²) in [6.45, 7) is 6.90. The maximum atomic E-state index is 4.80. The molecule has 1 aromatic heterocycles. The van der Waals surface area contributed by atoms with Gasteiger partial charge in [0.2, 0.25) is 5.95 Å². The number of aryl methyl sites for hydroxylation is 1. The predicted molar refractivity (Wildman–Crippen MR) is 117 cm³/mol. The standard InChI is InChI=1S/C23H31N5/c1-19-18-22(24-13-12-20-8-4-2-5-9-20)26-23(25-19)28-16-14-27(15-17-28)21-10-6-3-7-11-21/h3,6-8,10-11,18H,2,4-5,9,12-17H2,1H3,(H,24,25,26). The molecule has 1 N–H and O–H groups in total. The summed E-state index contributed by atoms with van der Waals surface area (Å²) in [6.07, 6.45) is 8.76. The zero-order valence-corrected chi connectivity index (χ0v) is 16.9. The van der Waals surface area contributed by atoms with Gasteiger partial charge in [-0.1, -0.05) is 29.8 Å². The fraction of sp³-hybridized carbons (Fsp3) is 0.478. The van der Waals surface area contributed by atoms with E-state index in [4.69, 9.17) is 9.97 Å². The van der Waals surface area contributed by atoms with Crippen LogP contribution >= 0.6 is 0 Å². The zero-order valence-electron chi connectivity index (χ0n) is 16.9. The Labute approximate surface area is 168 Å². The number of anilines is 3. The van der Waals surface area contributed by atoms with Crippen LogP contribution in [0.15, 0.2) is 48.0 Å². The van der Waals surface area contributed by atoms with Gasteiger partial charge in [-0.3, -0.25) is 0 Å². The highest BCUT2D eigenvalue weighted by Gasteiger charge is 2.19. The molecular weight excluding hydrogens is 346 g/mol. The van der Waals surface area contributed by atoms with Gasteiger partial charge in [0.25, 0.3) is 0 Å². The lowest BCUT2D eigenvalue weighted by Crippen LogP contribution is -2.47. The van der Waals surface area contributed by atoms with Crippen LogP contribution in [0.4, 0.5) is 17.5 Å². The Morgan fingerprint density at radius 1 is 0.964 bits per heavy atom. The first-order valence-electron chi connectivity index (χ1n) is 10.6. The summed E-state index contributed by atoms with van der Waals surface area (Å²) >= 11 is 0. The van der Waals surface area contributed by atoms with Gasteiger partial charge in [0.1, 0.15) is 5.82 Å². The Morgan fingerprint density at radius 3 is 2.50 bits per heavy atom. The SMILES string of the molecule is Cc1cc(NCCC2=CCCCC2)nc(N2CCN(c3ccccc3)CC2)n1. The minimum atomic E-state index is 0.854. The summed E-state index contributed by atoms with van der Waals surface area (Å²) in [5.74, 6) is 1.80. The van der Waals surface area contributed by atoms with E-state index >= 15 is 0 Å². The van der Waals surface area contributed by atoms with Crippen LogP contribution < -0.4 is 15.1 Å². The third kappa shape index (κ3) is 4.83. The molecule has 0 radical (unpaired) electrons. The van der Waals surface area contributed by atoms with E-state index in [1.165, 1.54) is 31.4 Å². The highest BCUT2D eigenvalue weighted by atomic mass is 15.3. The van der Waals surface area contributed by atoms with Crippen molar-refractivity contribution in [2.24, 2.45) is 0 Å². The van der Waals surface area contributed by atoms with Crippen LogP contribution in [-0.2, 0) is 0 Å². The van der Waals surface area contributed by atoms with Crippen LogP contribution in [0.3, 0.4) is 0 Å². The van der Waals surface area contributed by atoms with Crippen LogP contribution in [0.5, 0.6) is 0 Å². The molecular formula is C23H31N5. The van der Waals surface area contributed by atoms with E-state index in [9.17, 15) is 0 Å². The van der Waals surface area contributed by atoms with Gasteiger partial charge in [0.05, 0.1) is 0 Å². The first kappa shape index (κ1) is 18.8. The van der Waals surface area contributed by atoms with Gasteiger partial charge >= 0.3 is 0 Å². The molecule has 1 saturated heterocycles. The Bertz CT molecular complexity index is 794. The first-order chi connectivity index (χ1) is 13.8.